The van der Waals surface area contributed by atoms with Crippen molar-refractivity contribution >= 4 is 11.9 Å². The van der Waals surface area contributed by atoms with E-state index in [0.29, 0.717) is 36.5 Å². The standard InChI is InChI=1S/C29H28O7/c1-18-3-7-20(8-4-18)27(30)34-23-13-11-22(12-14-23)29-33-17-25-26(36-29)24(15-16-32-25)35-28(31)21-9-5-19(2)6-10-21/h3-14,24-26,29H,15-17H2,1-2H3. The van der Waals surface area contributed by atoms with Crippen molar-refractivity contribution in [1.82, 2.24) is 0 Å². The zero-order valence-electron chi connectivity index (χ0n) is 20.2. The second-order valence-electron chi connectivity index (χ2n) is 9.10. The van der Waals surface area contributed by atoms with Crippen LogP contribution in [0.15, 0.2) is 72.8 Å². The smallest absolute Gasteiger partial charge is 0.343 e. The SMILES string of the molecule is Cc1ccc(C(=O)Oc2ccc(C3OCC4OCCC(OC(=O)c5ccc(C)cc5)C4O3)cc2)cc1. The van der Waals surface area contributed by atoms with E-state index in [4.69, 9.17) is 23.7 Å². The normalized spacial score (nSPS) is 23.4. The molecule has 0 saturated carbocycles. The molecule has 0 spiro atoms. The summed E-state index contributed by atoms with van der Waals surface area (Å²) in [6.07, 6.45) is -1.33. The molecule has 3 aromatic carbocycles. The summed E-state index contributed by atoms with van der Waals surface area (Å²) in [6, 6.07) is 21.5. The second-order valence-corrected chi connectivity index (χ2v) is 9.10. The largest absolute Gasteiger partial charge is 0.456 e. The number of rotatable bonds is 5. The van der Waals surface area contributed by atoms with Gasteiger partial charge in [-0.3, -0.25) is 0 Å². The maximum Gasteiger partial charge on any atom is 0.343 e. The third-order valence-electron chi connectivity index (χ3n) is 6.36. The van der Waals surface area contributed by atoms with Crippen LogP contribution in [-0.2, 0) is 18.9 Å². The molecule has 5 rings (SSSR count). The minimum atomic E-state index is -0.657. The van der Waals surface area contributed by atoms with Gasteiger partial charge in [-0.2, -0.15) is 0 Å². The summed E-state index contributed by atoms with van der Waals surface area (Å²) >= 11 is 0. The van der Waals surface area contributed by atoms with Crippen LogP contribution < -0.4 is 4.74 Å². The van der Waals surface area contributed by atoms with Crippen molar-refractivity contribution in [1.29, 1.82) is 0 Å². The van der Waals surface area contributed by atoms with Gasteiger partial charge in [-0.25, -0.2) is 9.59 Å². The molecule has 7 nitrogen and oxygen atoms in total. The summed E-state index contributed by atoms with van der Waals surface area (Å²) in [5.41, 5.74) is 3.89. The van der Waals surface area contributed by atoms with Crippen LogP contribution in [0.5, 0.6) is 5.75 Å². The van der Waals surface area contributed by atoms with Gasteiger partial charge in [0.05, 0.1) is 24.3 Å². The van der Waals surface area contributed by atoms with Gasteiger partial charge in [0.25, 0.3) is 0 Å². The number of esters is 2. The van der Waals surface area contributed by atoms with Gasteiger partial charge in [-0.15, -0.1) is 0 Å². The third kappa shape index (κ3) is 5.49. The first-order valence-electron chi connectivity index (χ1n) is 12.0. The first-order valence-corrected chi connectivity index (χ1v) is 12.0. The van der Waals surface area contributed by atoms with Gasteiger partial charge in [0.1, 0.15) is 24.1 Å². The zero-order chi connectivity index (χ0) is 25.1. The van der Waals surface area contributed by atoms with Crippen molar-refractivity contribution in [2.45, 2.75) is 44.9 Å². The highest BCUT2D eigenvalue weighted by Gasteiger charge is 2.43. The van der Waals surface area contributed by atoms with Crippen molar-refractivity contribution < 1.29 is 33.3 Å². The summed E-state index contributed by atoms with van der Waals surface area (Å²) in [5.74, 6) is -0.385. The quantitative estimate of drug-likeness (QED) is 0.371. The number of fused-ring (bicyclic) bond motifs is 1. The Balaban J connectivity index is 1.23. The maximum absolute atomic E-state index is 12.7. The van der Waals surface area contributed by atoms with Gasteiger partial charge < -0.3 is 23.7 Å². The topological polar surface area (TPSA) is 80.3 Å². The number of hydrogen-bond acceptors (Lipinski definition) is 7. The Morgan fingerprint density at radius 1 is 0.778 bits per heavy atom. The Morgan fingerprint density at radius 3 is 2.03 bits per heavy atom. The van der Waals surface area contributed by atoms with Gasteiger partial charge in [-0.1, -0.05) is 47.5 Å². The summed E-state index contributed by atoms with van der Waals surface area (Å²) in [4.78, 5) is 25.1. The van der Waals surface area contributed by atoms with Crippen molar-refractivity contribution in [3.63, 3.8) is 0 Å². The Morgan fingerprint density at radius 2 is 1.39 bits per heavy atom. The Bertz CT molecular complexity index is 1200. The maximum atomic E-state index is 12.7. The zero-order valence-corrected chi connectivity index (χ0v) is 20.2. The molecule has 36 heavy (non-hydrogen) atoms. The number of ether oxygens (including phenoxy) is 5. The van der Waals surface area contributed by atoms with E-state index in [-0.39, 0.29) is 12.1 Å². The van der Waals surface area contributed by atoms with Crippen molar-refractivity contribution in [3.8, 4) is 5.75 Å². The average Bonchev–Trinajstić information content (AvgIpc) is 2.90. The molecule has 2 aliphatic heterocycles. The van der Waals surface area contributed by atoms with Gasteiger partial charge in [0.15, 0.2) is 6.29 Å². The lowest BCUT2D eigenvalue weighted by molar-refractivity contribution is -0.298. The molecule has 7 heteroatoms. The number of carbonyl (C=O) groups is 2. The molecule has 0 aliphatic carbocycles. The molecule has 4 atom stereocenters. The highest BCUT2D eigenvalue weighted by molar-refractivity contribution is 5.91. The van der Waals surface area contributed by atoms with Crippen LogP contribution in [0.25, 0.3) is 0 Å². The first kappa shape index (κ1) is 24.2. The number of carbonyl (C=O) groups excluding carboxylic acids is 2. The molecule has 0 radical (unpaired) electrons. The molecule has 0 aromatic heterocycles. The fourth-order valence-electron chi connectivity index (χ4n) is 4.26. The van der Waals surface area contributed by atoms with E-state index in [0.717, 1.165) is 16.7 Å². The van der Waals surface area contributed by atoms with Crippen molar-refractivity contribution in [3.05, 3.63) is 101 Å². The second kappa shape index (κ2) is 10.6. The molecule has 0 bridgehead atoms. The molecular weight excluding hydrogens is 460 g/mol. The lowest BCUT2D eigenvalue weighted by Gasteiger charge is -2.42. The minimum absolute atomic E-state index is 0.318. The fraction of sp³-hybridized carbons (Fsp3) is 0.310. The Kier molecular flexibility index (Phi) is 7.13. The molecule has 3 aromatic rings. The van der Waals surface area contributed by atoms with Crippen molar-refractivity contribution in [2.75, 3.05) is 13.2 Å². The summed E-state index contributed by atoms with van der Waals surface area (Å²) in [7, 11) is 0. The highest BCUT2D eigenvalue weighted by Crippen LogP contribution is 2.34. The van der Waals surface area contributed by atoms with Crippen LogP contribution in [0.1, 0.15) is 50.1 Å². The van der Waals surface area contributed by atoms with Crippen LogP contribution in [0, 0.1) is 13.8 Å². The number of hydrogen-bond donors (Lipinski definition) is 0. The van der Waals surface area contributed by atoms with Crippen LogP contribution >= 0.6 is 0 Å². The lowest BCUT2D eigenvalue weighted by Crippen LogP contribution is -2.53. The summed E-state index contributed by atoms with van der Waals surface area (Å²) in [5, 5.41) is 0. The van der Waals surface area contributed by atoms with Gasteiger partial charge >= 0.3 is 11.9 Å². The molecular formula is C29H28O7. The van der Waals surface area contributed by atoms with Crippen molar-refractivity contribution in [2.24, 2.45) is 0 Å². The van der Waals surface area contributed by atoms with E-state index in [2.05, 4.69) is 0 Å². The minimum Gasteiger partial charge on any atom is -0.456 e. The van der Waals surface area contributed by atoms with Crippen LogP contribution in [0.4, 0.5) is 0 Å². The first-order chi connectivity index (χ1) is 17.5. The van der Waals surface area contributed by atoms with Crippen LogP contribution in [0.2, 0.25) is 0 Å². The van der Waals surface area contributed by atoms with Gasteiger partial charge in [0.2, 0.25) is 0 Å². The molecule has 186 valence electrons. The molecule has 2 saturated heterocycles. The fourth-order valence-corrected chi connectivity index (χ4v) is 4.26. The molecule has 2 aliphatic rings. The monoisotopic (exact) mass is 488 g/mol. The molecule has 2 fully saturated rings. The Hall–Kier alpha value is -3.52. The summed E-state index contributed by atoms with van der Waals surface area (Å²) < 4.78 is 29.2. The highest BCUT2D eigenvalue weighted by atomic mass is 16.7. The molecule has 0 amide bonds. The van der Waals surface area contributed by atoms with Gasteiger partial charge in [-0.05, 0) is 50.2 Å². The van der Waals surface area contributed by atoms with E-state index in [1.54, 1.807) is 48.5 Å². The molecule has 2 heterocycles. The molecule has 4 unspecified atom stereocenters. The predicted molar refractivity (Wildman–Crippen MR) is 131 cm³/mol. The average molecular weight is 489 g/mol. The van der Waals surface area contributed by atoms with Crippen LogP contribution in [-0.4, -0.2) is 43.5 Å². The van der Waals surface area contributed by atoms with E-state index in [1.165, 1.54) is 0 Å². The number of aryl methyl sites for hydroxylation is 2. The van der Waals surface area contributed by atoms with E-state index in [9.17, 15) is 9.59 Å². The van der Waals surface area contributed by atoms with Crippen LogP contribution in [0.3, 0.4) is 0 Å². The van der Waals surface area contributed by atoms with E-state index in [1.807, 2.05) is 38.1 Å². The van der Waals surface area contributed by atoms with E-state index < -0.39 is 24.5 Å². The number of benzene rings is 3. The Labute approximate surface area is 209 Å². The molecule has 0 N–H and O–H groups in total. The predicted octanol–water partition coefficient (Wildman–Crippen LogP) is 4.95. The summed E-state index contributed by atoms with van der Waals surface area (Å²) in [6.45, 7) is 4.71. The third-order valence-corrected chi connectivity index (χ3v) is 6.36. The van der Waals surface area contributed by atoms with E-state index >= 15 is 0 Å². The van der Waals surface area contributed by atoms with Gasteiger partial charge in [0, 0.05) is 12.0 Å². The lowest BCUT2D eigenvalue weighted by atomic mass is 10.0.